The second-order valence-corrected chi connectivity index (χ2v) is 4.06. The lowest BCUT2D eigenvalue weighted by Crippen LogP contribution is -2.88. The zero-order valence-electron chi connectivity index (χ0n) is 11.0. The van der Waals surface area contributed by atoms with E-state index in [0.29, 0.717) is 6.04 Å². The summed E-state index contributed by atoms with van der Waals surface area (Å²) in [5.41, 5.74) is 1.21. The smallest absolute Gasteiger partial charge is 0.161 e. The molecule has 0 saturated heterocycles. The van der Waals surface area contributed by atoms with Crippen LogP contribution in [-0.4, -0.2) is 34.0 Å². The zero-order chi connectivity index (χ0) is 12.7. The molecule has 0 aliphatic rings. The molecule has 1 atom stereocenters. The van der Waals surface area contributed by atoms with Crippen molar-refractivity contribution >= 4 is 0 Å². The highest BCUT2D eigenvalue weighted by atomic mass is 16.5. The summed E-state index contributed by atoms with van der Waals surface area (Å²) in [5, 5.41) is 2.24. The van der Waals surface area contributed by atoms with Crippen LogP contribution >= 0.6 is 0 Å². The number of methoxy groups -OCH3 is 3. The van der Waals surface area contributed by atoms with Crippen LogP contribution in [0.5, 0.6) is 11.5 Å². The van der Waals surface area contributed by atoms with Crippen molar-refractivity contribution in [3.05, 3.63) is 23.8 Å². The normalized spacial score (nSPS) is 12.2. The first kappa shape index (κ1) is 13.8. The molecule has 4 heteroatoms. The van der Waals surface area contributed by atoms with Gasteiger partial charge in [-0.2, -0.15) is 0 Å². The highest BCUT2D eigenvalue weighted by Crippen LogP contribution is 2.27. The number of ether oxygens (including phenoxy) is 3. The molecule has 0 aliphatic heterocycles. The fourth-order valence-electron chi connectivity index (χ4n) is 1.68. The molecular formula is C13H22NO3+. The van der Waals surface area contributed by atoms with Gasteiger partial charge in [0.05, 0.1) is 20.8 Å². The SMILES string of the molecule is COC[C@@H](C)[NH2+]Cc1ccc(OC)c(OC)c1. The van der Waals surface area contributed by atoms with Gasteiger partial charge in [-0.25, -0.2) is 0 Å². The van der Waals surface area contributed by atoms with Crippen molar-refractivity contribution in [1.82, 2.24) is 0 Å². The summed E-state index contributed by atoms with van der Waals surface area (Å²) in [6.07, 6.45) is 0. The van der Waals surface area contributed by atoms with Crippen LogP contribution in [0.25, 0.3) is 0 Å². The third-order valence-corrected chi connectivity index (χ3v) is 2.63. The Morgan fingerprint density at radius 1 is 1.12 bits per heavy atom. The van der Waals surface area contributed by atoms with Gasteiger partial charge in [0.2, 0.25) is 0 Å². The van der Waals surface area contributed by atoms with Crippen molar-refractivity contribution in [2.75, 3.05) is 27.9 Å². The van der Waals surface area contributed by atoms with Crippen molar-refractivity contribution in [1.29, 1.82) is 0 Å². The fourth-order valence-corrected chi connectivity index (χ4v) is 1.68. The van der Waals surface area contributed by atoms with Crippen molar-refractivity contribution < 1.29 is 19.5 Å². The largest absolute Gasteiger partial charge is 0.493 e. The third kappa shape index (κ3) is 4.24. The highest BCUT2D eigenvalue weighted by Gasteiger charge is 2.08. The Bertz CT molecular complexity index is 341. The lowest BCUT2D eigenvalue weighted by molar-refractivity contribution is -0.702. The van der Waals surface area contributed by atoms with Gasteiger partial charge in [-0.15, -0.1) is 0 Å². The van der Waals surface area contributed by atoms with Crippen LogP contribution in [0.2, 0.25) is 0 Å². The first-order valence-corrected chi connectivity index (χ1v) is 5.74. The minimum atomic E-state index is 0.452. The summed E-state index contributed by atoms with van der Waals surface area (Å²) in [4.78, 5) is 0. The average molecular weight is 240 g/mol. The number of nitrogens with two attached hydrogens (primary N) is 1. The van der Waals surface area contributed by atoms with Gasteiger partial charge in [-0.3, -0.25) is 0 Å². The van der Waals surface area contributed by atoms with Crippen molar-refractivity contribution in [3.63, 3.8) is 0 Å². The van der Waals surface area contributed by atoms with Gasteiger partial charge < -0.3 is 19.5 Å². The molecule has 17 heavy (non-hydrogen) atoms. The molecule has 4 nitrogen and oxygen atoms in total. The number of hydrogen-bond acceptors (Lipinski definition) is 3. The molecule has 0 spiro atoms. The molecule has 0 fully saturated rings. The van der Waals surface area contributed by atoms with E-state index in [4.69, 9.17) is 14.2 Å². The standard InChI is InChI=1S/C13H21NO3/c1-10(9-15-2)14-8-11-5-6-12(16-3)13(7-11)17-4/h5-7,10,14H,8-9H2,1-4H3/p+1/t10-/m1/s1. The highest BCUT2D eigenvalue weighted by molar-refractivity contribution is 5.42. The topological polar surface area (TPSA) is 44.3 Å². The van der Waals surface area contributed by atoms with Crippen molar-refractivity contribution in [2.24, 2.45) is 0 Å². The summed E-state index contributed by atoms with van der Waals surface area (Å²) in [7, 11) is 5.02. The predicted molar refractivity (Wildman–Crippen MR) is 66.5 cm³/mol. The Morgan fingerprint density at radius 2 is 1.82 bits per heavy atom. The molecule has 0 aromatic heterocycles. The Kier molecular flexibility index (Phi) is 5.80. The summed E-state index contributed by atoms with van der Waals surface area (Å²) >= 11 is 0. The molecule has 0 amide bonds. The molecule has 0 radical (unpaired) electrons. The quantitative estimate of drug-likeness (QED) is 0.767. The van der Waals surface area contributed by atoms with E-state index in [1.165, 1.54) is 5.56 Å². The number of quaternary nitrogens is 1. The van der Waals surface area contributed by atoms with Crippen LogP contribution in [0.4, 0.5) is 0 Å². The number of rotatable bonds is 7. The molecule has 0 saturated carbocycles. The summed E-state index contributed by atoms with van der Waals surface area (Å²) in [6, 6.07) is 6.45. The molecule has 0 unspecified atom stereocenters. The number of hydrogen-bond donors (Lipinski definition) is 1. The molecule has 1 aromatic carbocycles. The molecule has 0 aliphatic carbocycles. The summed E-state index contributed by atoms with van der Waals surface area (Å²) in [6.45, 7) is 3.81. The van der Waals surface area contributed by atoms with E-state index in [9.17, 15) is 0 Å². The number of benzene rings is 1. The van der Waals surface area contributed by atoms with E-state index >= 15 is 0 Å². The van der Waals surface area contributed by atoms with Crippen molar-refractivity contribution in [2.45, 2.75) is 19.5 Å². The first-order valence-electron chi connectivity index (χ1n) is 5.74. The Morgan fingerprint density at radius 3 is 2.41 bits per heavy atom. The third-order valence-electron chi connectivity index (χ3n) is 2.63. The van der Waals surface area contributed by atoms with Crippen LogP contribution in [0, 0.1) is 0 Å². The summed E-state index contributed by atoms with van der Waals surface area (Å²) in [5.74, 6) is 1.54. The molecule has 1 aromatic rings. The van der Waals surface area contributed by atoms with Crippen molar-refractivity contribution in [3.8, 4) is 11.5 Å². The van der Waals surface area contributed by atoms with E-state index in [-0.39, 0.29) is 0 Å². The lowest BCUT2D eigenvalue weighted by Gasteiger charge is -2.11. The maximum atomic E-state index is 5.27. The van der Waals surface area contributed by atoms with Crippen LogP contribution in [0.1, 0.15) is 12.5 Å². The average Bonchev–Trinajstić information content (AvgIpc) is 2.36. The monoisotopic (exact) mass is 240 g/mol. The molecule has 96 valence electrons. The lowest BCUT2D eigenvalue weighted by atomic mass is 10.2. The molecular weight excluding hydrogens is 218 g/mol. The minimum Gasteiger partial charge on any atom is -0.493 e. The van der Waals surface area contributed by atoms with Crippen LogP contribution in [-0.2, 0) is 11.3 Å². The van der Waals surface area contributed by atoms with Gasteiger partial charge in [-0.1, -0.05) is 0 Å². The van der Waals surface area contributed by atoms with Gasteiger partial charge >= 0.3 is 0 Å². The van der Waals surface area contributed by atoms with Gasteiger partial charge in [-0.05, 0) is 25.1 Å². The van der Waals surface area contributed by atoms with E-state index < -0.39 is 0 Å². The molecule has 0 bridgehead atoms. The molecule has 1 rings (SSSR count). The van der Waals surface area contributed by atoms with E-state index in [2.05, 4.69) is 18.3 Å². The van der Waals surface area contributed by atoms with Crippen LogP contribution in [0.15, 0.2) is 18.2 Å². The minimum absolute atomic E-state index is 0.452. The fraction of sp³-hybridized carbons (Fsp3) is 0.538. The Hall–Kier alpha value is -1.26. The second kappa shape index (κ2) is 7.14. The van der Waals surface area contributed by atoms with Crippen LogP contribution < -0.4 is 14.8 Å². The maximum Gasteiger partial charge on any atom is 0.161 e. The zero-order valence-corrected chi connectivity index (χ0v) is 11.0. The van der Waals surface area contributed by atoms with Gasteiger partial charge in [0.25, 0.3) is 0 Å². The van der Waals surface area contributed by atoms with E-state index in [1.54, 1.807) is 21.3 Å². The predicted octanol–water partition coefficient (Wildman–Crippen LogP) is 0.802. The van der Waals surface area contributed by atoms with Gasteiger partial charge in [0.15, 0.2) is 11.5 Å². The Balaban J connectivity index is 2.60. The van der Waals surface area contributed by atoms with E-state index in [1.807, 2.05) is 12.1 Å². The van der Waals surface area contributed by atoms with Gasteiger partial charge in [0, 0.05) is 12.7 Å². The van der Waals surface area contributed by atoms with Crippen LogP contribution in [0.3, 0.4) is 0 Å². The molecule has 0 heterocycles. The van der Waals surface area contributed by atoms with Gasteiger partial charge in [0.1, 0.15) is 12.6 Å². The Labute approximate surface area is 103 Å². The molecule has 2 N–H and O–H groups in total. The second-order valence-electron chi connectivity index (χ2n) is 4.06. The summed E-state index contributed by atoms with van der Waals surface area (Å²) < 4.78 is 15.6. The van der Waals surface area contributed by atoms with E-state index in [0.717, 1.165) is 24.7 Å². The first-order chi connectivity index (χ1) is 8.21. The maximum absolute atomic E-state index is 5.27.